The van der Waals surface area contributed by atoms with E-state index in [1.807, 2.05) is 10.9 Å². The lowest BCUT2D eigenvalue weighted by Crippen LogP contribution is -2.03. The van der Waals surface area contributed by atoms with Gasteiger partial charge in [0.25, 0.3) is 0 Å². The normalized spacial score (nSPS) is 10.9. The Labute approximate surface area is 94.6 Å². The molecule has 0 bridgehead atoms. The summed E-state index contributed by atoms with van der Waals surface area (Å²) in [5.74, 6) is 0.749. The van der Waals surface area contributed by atoms with Gasteiger partial charge in [0.1, 0.15) is 5.75 Å². The number of nitrogens with zero attached hydrogens (tertiary/aromatic N) is 3. The van der Waals surface area contributed by atoms with Crippen molar-refractivity contribution >= 4 is 0 Å². The molecule has 2 rings (SSSR count). The molecule has 2 aromatic heterocycles. The molecule has 84 valence electrons. The van der Waals surface area contributed by atoms with Crippen LogP contribution in [0.1, 0.15) is 13.8 Å². The predicted molar refractivity (Wildman–Crippen MR) is 62.0 cm³/mol. The lowest BCUT2D eigenvalue weighted by atomic mass is 10.2. The van der Waals surface area contributed by atoms with Crippen molar-refractivity contribution in [2.45, 2.75) is 20.4 Å². The Balaban J connectivity index is 2.21. The van der Waals surface area contributed by atoms with E-state index in [2.05, 4.69) is 23.9 Å². The third-order valence-electron chi connectivity index (χ3n) is 2.23. The van der Waals surface area contributed by atoms with E-state index < -0.39 is 0 Å². The van der Waals surface area contributed by atoms with Gasteiger partial charge in [0.2, 0.25) is 0 Å². The minimum absolute atomic E-state index is 0.179. The molecule has 2 heterocycles. The first-order valence-electron chi connectivity index (χ1n) is 5.33. The molecule has 0 aliphatic carbocycles. The highest BCUT2D eigenvalue weighted by molar-refractivity contribution is 5.57. The van der Waals surface area contributed by atoms with Gasteiger partial charge in [0.15, 0.2) is 0 Å². The Morgan fingerprint density at radius 2 is 2.12 bits per heavy atom. The summed E-state index contributed by atoms with van der Waals surface area (Å²) in [5, 5.41) is 13.4. The highest BCUT2D eigenvalue weighted by atomic mass is 16.3. The second-order valence-electron chi connectivity index (χ2n) is 4.25. The van der Waals surface area contributed by atoms with Crippen LogP contribution >= 0.6 is 0 Å². The van der Waals surface area contributed by atoms with Gasteiger partial charge in [0.05, 0.1) is 18.1 Å². The maximum absolute atomic E-state index is 9.14. The number of aromatic nitrogens is 3. The van der Waals surface area contributed by atoms with Gasteiger partial charge in [-0.1, -0.05) is 13.8 Å². The first-order valence-corrected chi connectivity index (χ1v) is 5.33. The zero-order valence-corrected chi connectivity index (χ0v) is 9.46. The van der Waals surface area contributed by atoms with E-state index in [1.54, 1.807) is 18.3 Å². The second-order valence-corrected chi connectivity index (χ2v) is 4.25. The minimum Gasteiger partial charge on any atom is -0.506 e. The van der Waals surface area contributed by atoms with Crippen LogP contribution in [0.25, 0.3) is 11.3 Å². The largest absolute Gasteiger partial charge is 0.506 e. The standard InChI is InChI=1S/C12H15N3O/c1-9(2)7-15-8-10(5-14-15)12-4-3-11(16)6-13-12/h3-6,8-9,16H,7H2,1-2H3. The van der Waals surface area contributed by atoms with Gasteiger partial charge in [-0.15, -0.1) is 0 Å². The Kier molecular flexibility index (Phi) is 2.90. The molecule has 0 radical (unpaired) electrons. The van der Waals surface area contributed by atoms with Crippen molar-refractivity contribution in [3.8, 4) is 17.0 Å². The average Bonchev–Trinajstić information content (AvgIpc) is 2.66. The number of hydrogen-bond donors (Lipinski definition) is 1. The predicted octanol–water partition coefficient (Wildman–Crippen LogP) is 2.31. The molecular formula is C12H15N3O. The summed E-state index contributed by atoms with van der Waals surface area (Å²) >= 11 is 0. The van der Waals surface area contributed by atoms with Gasteiger partial charge in [0, 0.05) is 18.3 Å². The molecule has 0 saturated heterocycles. The number of hydrogen-bond acceptors (Lipinski definition) is 3. The Morgan fingerprint density at radius 3 is 2.75 bits per heavy atom. The van der Waals surface area contributed by atoms with E-state index in [0.29, 0.717) is 5.92 Å². The molecule has 4 nitrogen and oxygen atoms in total. The first kappa shape index (κ1) is 10.7. The highest BCUT2D eigenvalue weighted by Crippen LogP contribution is 2.18. The lowest BCUT2D eigenvalue weighted by molar-refractivity contribution is 0.473. The molecule has 0 unspecified atom stereocenters. The summed E-state index contributed by atoms with van der Waals surface area (Å²) in [6.45, 7) is 5.21. The quantitative estimate of drug-likeness (QED) is 0.858. The van der Waals surface area contributed by atoms with Gasteiger partial charge in [-0.3, -0.25) is 9.67 Å². The molecule has 0 aromatic carbocycles. The summed E-state index contributed by atoms with van der Waals surface area (Å²) in [6, 6.07) is 3.41. The van der Waals surface area contributed by atoms with Crippen molar-refractivity contribution in [2.75, 3.05) is 0 Å². The van der Waals surface area contributed by atoms with Crippen LogP contribution in [0.2, 0.25) is 0 Å². The molecule has 16 heavy (non-hydrogen) atoms. The second kappa shape index (κ2) is 4.35. The lowest BCUT2D eigenvalue weighted by Gasteiger charge is -2.03. The summed E-state index contributed by atoms with van der Waals surface area (Å²) in [6.07, 6.45) is 5.20. The van der Waals surface area contributed by atoms with E-state index >= 15 is 0 Å². The topological polar surface area (TPSA) is 50.9 Å². The van der Waals surface area contributed by atoms with Crippen molar-refractivity contribution < 1.29 is 5.11 Å². The molecule has 0 spiro atoms. The maximum atomic E-state index is 9.14. The molecule has 4 heteroatoms. The fourth-order valence-corrected chi connectivity index (χ4v) is 1.53. The molecule has 0 aliphatic rings. The van der Waals surface area contributed by atoms with Crippen molar-refractivity contribution in [1.29, 1.82) is 0 Å². The Hall–Kier alpha value is -1.84. The zero-order valence-electron chi connectivity index (χ0n) is 9.46. The van der Waals surface area contributed by atoms with Gasteiger partial charge >= 0.3 is 0 Å². The Morgan fingerprint density at radius 1 is 1.31 bits per heavy atom. The first-order chi connectivity index (χ1) is 7.65. The van der Waals surface area contributed by atoms with Crippen LogP contribution in [-0.4, -0.2) is 19.9 Å². The van der Waals surface area contributed by atoms with Crippen LogP contribution in [0.15, 0.2) is 30.7 Å². The van der Waals surface area contributed by atoms with E-state index in [-0.39, 0.29) is 5.75 Å². The van der Waals surface area contributed by atoms with Crippen molar-refractivity contribution in [1.82, 2.24) is 14.8 Å². The SMILES string of the molecule is CC(C)Cn1cc(-c2ccc(O)cn2)cn1. The van der Waals surface area contributed by atoms with Crippen molar-refractivity contribution in [2.24, 2.45) is 5.92 Å². The van der Waals surface area contributed by atoms with Gasteiger partial charge < -0.3 is 5.11 Å². The van der Waals surface area contributed by atoms with Crippen molar-refractivity contribution in [3.63, 3.8) is 0 Å². The maximum Gasteiger partial charge on any atom is 0.133 e. The molecule has 0 saturated carbocycles. The molecule has 0 atom stereocenters. The van der Waals surface area contributed by atoms with E-state index in [0.717, 1.165) is 17.8 Å². The fourth-order valence-electron chi connectivity index (χ4n) is 1.53. The molecule has 0 amide bonds. The van der Waals surface area contributed by atoms with Crippen molar-refractivity contribution in [3.05, 3.63) is 30.7 Å². The fraction of sp³-hybridized carbons (Fsp3) is 0.333. The molecular weight excluding hydrogens is 202 g/mol. The molecule has 0 aliphatic heterocycles. The average molecular weight is 217 g/mol. The van der Waals surface area contributed by atoms with E-state index in [1.165, 1.54) is 6.20 Å². The number of pyridine rings is 1. The summed E-state index contributed by atoms with van der Waals surface area (Å²) < 4.78 is 1.91. The monoisotopic (exact) mass is 217 g/mol. The molecule has 0 fully saturated rings. The van der Waals surface area contributed by atoms with Crippen LogP contribution in [0.3, 0.4) is 0 Å². The summed E-state index contributed by atoms with van der Waals surface area (Å²) in [5.41, 5.74) is 1.80. The zero-order chi connectivity index (χ0) is 11.5. The van der Waals surface area contributed by atoms with Gasteiger partial charge in [-0.2, -0.15) is 5.10 Å². The van der Waals surface area contributed by atoms with E-state index in [9.17, 15) is 0 Å². The Bertz CT molecular complexity index is 459. The third kappa shape index (κ3) is 2.39. The summed E-state index contributed by atoms with van der Waals surface area (Å²) in [7, 11) is 0. The third-order valence-corrected chi connectivity index (χ3v) is 2.23. The molecule has 1 N–H and O–H groups in total. The van der Waals surface area contributed by atoms with Crippen LogP contribution in [-0.2, 0) is 6.54 Å². The number of aromatic hydroxyl groups is 1. The van der Waals surface area contributed by atoms with Crippen LogP contribution in [0, 0.1) is 5.92 Å². The minimum atomic E-state index is 0.179. The van der Waals surface area contributed by atoms with Crippen LogP contribution in [0.4, 0.5) is 0 Å². The van der Waals surface area contributed by atoms with Crippen LogP contribution < -0.4 is 0 Å². The summed E-state index contributed by atoms with van der Waals surface area (Å²) in [4.78, 5) is 4.14. The van der Waals surface area contributed by atoms with E-state index in [4.69, 9.17) is 5.11 Å². The molecule has 2 aromatic rings. The number of rotatable bonds is 3. The van der Waals surface area contributed by atoms with Gasteiger partial charge in [-0.05, 0) is 18.1 Å². The highest BCUT2D eigenvalue weighted by Gasteiger charge is 2.04. The smallest absolute Gasteiger partial charge is 0.133 e. The van der Waals surface area contributed by atoms with Crippen LogP contribution in [0.5, 0.6) is 5.75 Å². The van der Waals surface area contributed by atoms with Gasteiger partial charge in [-0.25, -0.2) is 0 Å².